The maximum atomic E-state index is 13.4. The molecule has 1 nitrogen and oxygen atoms in total. The van der Waals surface area contributed by atoms with E-state index in [1.54, 1.807) is 12.1 Å². The summed E-state index contributed by atoms with van der Waals surface area (Å²) in [5.74, 6) is -0.348. The highest BCUT2D eigenvalue weighted by Crippen LogP contribution is 2.29. The van der Waals surface area contributed by atoms with Crippen LogP contribution in [0.4, 0.5) is 4.39 Å². The van der Waals surface area contributed by atoms with Crippen molar-refractivity contribution in [1.82, 2.24) is 4.98 Å². The molecule has 0 aliphatic carbocycles. The molecule has 1 aromatic carbocycles. The molecule has 14 heavy (non-hydrogen) atoms. The summed E-state index contributed by atoms with van der Waals surface area (Å²) >= 11 is 10.2. The van der Waals surface area contributed by atoms with Gasteiger partial charge in [0.1, 0.15) is 15.4 Å². The van der Waals surface area contributed by atoms with Crippen molar-refractivity contribution >= 4 is 38.9 Å². The Labute approximate surface area is 97.7 Å². The fraction of sp³-hybridized carbons (Fsp3) is 0. The quantitative estimate of drug-likeness (QED) is 0.761. The van der Waals surface area contributed by atoms with Crippen LogP contribution < -0.4 is 0 Å². The number of hydrogen-bond donors (Lipinski definition) is 0. The molecule has 0 saturated carbocycles. The molecule has 5 heteroatoms. The second kappa shape index (κ2) is 3.96. The lowest BCUT2D eigenvalue weighted by Crippen LogP contribution is -1.82. The lowest BCUT2D eigenvalue weighted by molar-refractivity contribution is 0.631. The van der Waals surface area contributed by atoms with Crippen LogP contribution in [-0.4, -0.2) is 4.98 Å². The van der Waals surface area contributed by atoms with Gasteiger partial charge in [0.25, 0.3) is 0 Å². The highest BCUT2D eigenvalue weighted by atomic mass is 79.9. The van der Waals surface area contributed by atoms with Crippen LogP contribution in [0.3, 0.4) is 0 Å². The highest BCUT2D eigenvalue weighted by Gasteiger charge is 2.08. The van der Waals surface area contributed by atoms with Crippen LogP contribution in [-0.2, 0) is 0 Å². The predicted octanol–water partition coefficient (Wildman–Crippen LogP) is 4.37. The van der Waals surface area contributed by atoms with Crippen LogP contribution in [0.15, 0.2) is 28.2 Å². The Morgan fingerprint density at radius 2 is 2.21 bits per heavy atom. The third-order valence-corrected chi connectivity index (χ3v) is 3.46. The molecule has 0 aliphatic rings. The van der Waals surface area contributed by atoms with Gasteiger partial charge in [0.05, 0.1) is 0 Å². The van der Waals surface area contributed by atoms with E-state index in [2.05, 4.69) is 20.9 Å². The monoisotopic (exact) mass is 291 g/mol. The molecular formula is C9H4BrClFNS. The van der Waals surface area contributed by atoms with Gasteiger partial charge < -0.3 is 0 Å². The van der Waals surface area contributed by atoms with Crippen LogP contribution in [0.2, 0.25) is 5.02 Å². The minimum absolute atomic E-state index is 0.348. The Kier molecular flexibility index (Phi) is 2.85. The molecule has 2 aromatic rings. The van der Waals surface area contributed by atoms with E-state index in [0.717, 1.165) is 0 Å². The normalized spacial score (nSPS) is 10.5. The molecule has 0 fully saturated rings. The first-order chi connectivity index (χ1) is 6.66. The number of aromatic nitrogens is 1. The van der Waals surface area contributed by atoms with Gasteiger partial charge in [-0.25, -0.2) is 9.37 Å². The largest absolute Gasteiger partial charge is 0.229 e. The SMILES string of the molecule is Fc1cc(Cl)ccc1-c1nc(Br)cs1. The van der Waals surface area contributed by atoms with Crippen molar-refractivity contribution in [2.24, 2.45) is 0 Å². The number of benzene rings is 1. The fourth-order valence-electron chi connectivity index (χ4n) is 1.04. The Balaban J connectivity index is 2.52. The summed E-state index contributed by atoms with van der Waals surface area (Å²) in [7, 11) is 0. The van der Waals surface area contributed by atoms with Gasteiger partial charge in [-0.2, -0.15) is 0 Å². The van der Waals surface area contributed by atoms with Gasteiger partial charge in [-0.3, -0.25) is 0 Å². The Bertz CT molecular complexity index is 472. The van der Waals surface area contributed by atoms with E-state index in [4.69, 9.17) is 11.6 Å². The smallest absolute Gasteiger partial charge is 0.134 e. The summed E-state index contributed by atoms with van der Waals surface area (Å²) in [5.41, 5.74) is 0.477. The zero-order valence-electron chi connectivity index (χ0n) is 6.80. The molecule has 0 spiro atoms. The molecule has 1 aromatic heterocycles. The maximum absolute atomic E-state index is 13.4. The fourth-order valence-corrected chi connectivity index (χ4v) is 2.48. The second-order valence-electron chi connectivity index (χ2n) is 2.60. The van der Waals surface area contributed by atoms with Crippen LogP contribution >= 0.6 is 38.9 Å². The summed E-state index contributed by atoms with van der Waals surface area (Å²) in [5, 5.41) is 2.84. The zero-order chi connectivity index (χ0) is 10.1. The molecule has 0 unspecified atom stereocenters. The molecule has 0 radical (unpaired) electrons. The van der Waals surface area contributed by atoms with Crippen molar-refractivity contribution in [2.45, 2.75) is 0 Å². The Morgan fingerprint density at radius 3 is 2.79 bits per heavy atom. The van der Waals surface area contributed by atoms with Crippen molar-refractivity contribution in [2.75, 3.05) is 0 Å². The standard InChI is InChI=1S/C9H4BrClFNS/c10-8-4-14-9(13-8)6-2-1-5(11)3-7(6)12/h1-4H. The molecule has 0 aliphatic heterocycles. The molecule has 0 N–H and O–H groups in total. The average Bonchev–Trinajstić information content (AvgIpc) is 2.51. The van der Waals surface area contributed by atoms with Crippen molar-refractivity contribution in [1.29, 1.82) is 0 Å². The van der Waals surface area contributed by atoms with Gasteiger partial charge >= 0.3 is 0 Å². The summed E-state index contributed by atoms with van der Waals surface area (Å²) in [6.45, 7) is 0. The third-order valence-electron chi connectivity index (χ3n) is 1.64. The summed E-state index contributed by atoms with van der Waals surface area (Å²) in [6.07, 6.45) is 0. The number of thiazole rings is 1. The van der Waals surface area contributed by atoms with Crippen LogP contribution in [0.1, 0.15) is 0 Å². The topological polar surface area (TPSA) is 12.9 Å². The molecular weight excluding hydrogens is 289 g/mol. The van der Waals surface area contributed by atoms with E-state index in [0.29, 0.717) is 20.2 Å². The number of halogens is 3. The van der Waals surface area contributed by atoms with Gasteiger partial charge in [-0.15, -0.1) is 11.3 Å². The molecule has 0 atom stereocenters. The summed E-state index contributed by atoms with van der Waals surface area (Å²) < 4.78 is 14.1. The Morgan fingerprint density at radius 1 is 1.43 bits per heavy atom. The molecule has 72 valence electrons. The van der Waals surface area contributed by atoms with Gasteiger partial charge in [-0.1, -0.05) is 11.6 Å². The molecule has 0 bridgehead atoms. The van der Waals surface area contributed by atoms with E-state index >= 15 is 0 Å². The van der Waals surface area contributed by atoms with E-state index in [-0.39, 0.29) is 5.82 Å². The molecule has 0 saturated heterocycles. The van der Waals surface area contributed by atoms with Crippen LogP contribution in [0.25, 0.3) is 10.6 Å². The van der Waals surface area contributed by atoms with E-state index in [9.17, 15) is 4.39 Å². The van der Waals surface area contributed by atoms with E-state index < -0.39 is 0 Å². The minimum atomic E-state index is -0.348. The van der Waals surface area contributed by atoms with Crippen molar-refractivity contribution < 1.29 is 4.39 Å². The van der Waals surface area contributed by atoms with Gasteiger partial charge in [0, 0.05) is 16.0 Å². The van der Waals surface area contributed by atoms with E-state index in [1.807, 2.05) is 5.38 Å². The van der Waals surface area contributed by atoms with Crippen molar-refractivity contribution in [3.63, 3.8) is 0 Å². The number of rotatable bonds is 1. The summed E-state index contributed by atoms with van der Waals surface area (Å²) in [4.78, 5) is 4.12. The average molecular weight is 293 g/mol. The summed E-state index contributed by atoms with van der Waals surface area (Å²) in [6, 6.07) is 4.56. The molecule has 0 amide bonds. The minimum Gasteiger partial charge on any atom is -0.229 e. The number of nitrogens with zero attached hydrogens (tertiary/aromatic N) is 1. The van der Waals surface area contributed by atoms with Gasteiger partial charge in [0.2, 0.25) is 0 Å². The maximum Gasteiger partial charge on any atom is 0.134 e. The lowest BCUT2D eigenvalue weighted by atomic mass is 10.2. The first-order valence-corrected chi connectivity index (χ1v) is 5.78. The van der Waals surface area contributed by atoms with Crippen molar-refractivity contribution in [3.8, 4) is 10.6 Å². The first kappa shape index (κ1) is 10.1. The third kappa shape index (κ3) is 1.97. The molecule has 1 heterocycles. The predicted molar refractivity (Wildman–Crippen MR) is 60.2 cm³/mol. The second-order valence-corrected chi connectivity index (χ2v) is 4.71. The first-order valence-electron chi connectivity index (χ1n) is 3.73. The van der Waals surface area contributed by atoms with E-state index in [1.165, 1.54) is 17.4 Å². The lowest BCUT2D eigenvalue weighted by Gasteiger charge is -1.98. The van der Waals surface area contributed by atoms with Crippen LogP contribution in [0, 0.1) is 5.82 Å². The molecule has 2 rings (SSSR count). The number of hydrogen-bond acceptors (Lipinski definition) is 2. The Hall–Kier alpha value is -0.450. The van der Waals surface area contributed by atoms with Crippen molar-refractivity contribution in [3.05, 3.63) is 39.0 Å². The van der Waals surface area contributed by atoms with Crippen LogP contribution in [0.5, 0.6) is 0 Å². The van der Waals surface area contributed by atoms with Gasteiger partial charge in [0.15, 0.2) is 0 Å². The van der Waals surface area contributed by atoms with Gasteiger partial charge in [-0.05, 0) is 34.1 Å². The zero-order valence-corrected chi connectivity index (χ0v) is 9.96. The highest BCUT2D eigenvalue weighted by molar-refractivity contribution is 9.10.